The predicted octanol–water partition coefficient (Wildman–Crippen LogP) is 3.58. The molecule has 0 aliphatic carbocycles. The van der Waals surface area contributed by atoms with E-state index in [0.717, 1.165) is 23.2 Å². The van der Waals surface area contributed by atoms with Crippen molar-refractivity contribution < 1.29 is 5.11 Å². The minimum absolute atomic E-state index is 0.288. The van der Waals surface area contributed by atoms with E-state index in [1.165, 1.54) is 0 Å². The molecule has 0 aliphatic heterocycles. The second-order valence-electron chi connectivity index (χ2n) is 3.04. The number of alkyl halides is 1. The third kappa shape index (κ3) is 3.40. The fourth-order valence-corrected chi connectivity index (χ4v) is 1.09. The lowest BCUT2D eigenvalue weighted by molar-refractivity contribution is 0.481. The van der Waals surface area contributed by atoms with E-state index in [2.05, 4.69) is 4.98 Å². The molecule has 0 spiro atoms. The molecule has 2 aromatic rings. The van der Waals surface area contributed by atoms with Crippen LogP contribution in [0.2, 0.25) is 0 Å². The summed E-state index contributed by atoms with van der Waals surface area (Å²) in [6.45, 7) is 2.05. The molecule has 0 fully saturated rings. The van der Waals surface area contributed by atoms with Gasteiger partial charge in [0, 0.05) is 17.5 Å². The second kappa shape index (κ2) is 6.25. The Morgan fingerprint density at radius 3 is 2.60 bits per heavy atom. The summed E-state index contributed by atoms with van der Waals surface area (Å²) < 4.78 is 0. The number of hydrogen-bond donors (Lipinski definition) is 1. The standard InChI is InChI=1S/C9H7NO.C3H7Cl/c11-9-5-1-4-8-7(9)3-2-6-10-8;1-2-3-4/h1-6,11H;2-3H2,1H3. The van der Waals surface area contributed by atoms with E-state index in [4.69, 9.17) is 11.6 Å². The Kier molecular flexibility index (Phi) is 4.91. The van der Waals surface area contributed by atoms with E-state index in [1.54, 1.807) is 18.3 Å². The van der Waals surface area contributed by atoms with Gasteiger partial charge in [0.15, 0.2) is 0 Å². The lowest BCUT2D eigenvalue weighted by atomic mass is 10.2. The van der Waals surface area contributed by atoms with Crippen molar-refractivity contribution in [2.24, 2.45) is 0 Å². The van der Waals surface area contributed by atoms with Gasteiger partial charge in [0.05, 0.1) is 5.52 Å². The highest BCUT2D eigenvalue weighted by atomic mass is 35.5. The van der Waals surface area contributed by atoms with Crippen molar-refractivity contribution in [3.8, 4) is 5.75 Å². The molecule has 80 valence electrons. The lowest BCUT2D eigenvalue weighted by Crippen LogP contribution is -1.75. The number of rotatable bonds is 1. The maximum absolute atomic E-state index is 9.33. The summed E-state index contributed by atoms with van der Waals surface area (Å²) in [6.07, 6.45) is 2.79. The molecule has 1 aromatic carbocycles. The number of fused-ring (bicyclic) bond motifs is 1. The van der Waals surface area contributed by atoms with E-state index < -0.39 is 0 Å². The summed E-state index contributed by atoms with van der Waals surface area (Å²) >= 11 is 5.19. The number of phenols is 1. The number of hydrogen-bond acceptors (Lipinski definition) is 2. The van der Waals surface area contributed by atoms with Crippen molar-refractivity contribution in [2.45, 2.75) is 13.3 Å². The molecule has 0 radical (unpaired) electrons. The van der Waals surface area contributed by atoms with Gasteiger partial charge in [-0.2, -0.15) is 0 Å². The highest BCUT2D eigenvalue weighted by Gasteiger charge is 1.95. The zero-order chi connectivity index (χ0) is 11.1. The molecule has 3 heteroatoms. The van der Waals surface area contributed by atoms with Crippen LogP contribution in [0.3, 0.4) is 0 Å². The van der Waals surface area contributed by atoms with Crippen molar-refractivity contribution >= 4 is 22.5 Å². The van der Waals surface area contributed by atoms with Gasteiger partial charge in [-0.25, -0.2) is 0 Å². The number of aromatic nitrogens is 1. The van der Waals surface area contributed by atoms with Gasteiger partial charge >= 0.3 is 0 Å². The van der Waals surface area contributed by atoms with Gasteiger partial charge in [0.2, 0.25) is 0 Å². The Labute approximate surface area is 94.5 Å². The average Bonchev–Trinajstić information content (AvgIpc) is 2.30. The zero-order valence-corrected chi connectivity index (χ0v) is 9.41. The van der Waals surface area contributed by atoms with Gasteiger partial charge in [-0.3, -0.25) is 4.98 Å². The summed E-state index contributed by atoms with van der Waals surface area (Å²) in [7, 11) is 0. The first-order chi connectivity index (χ1) is 7.29. The van der Waals surface area contributed by atoms with Crippen LogP contribution in [0, 0.1) is 0 Å². The molecule has 2 nitrogen and oxygen atoms in total. The highest BCUT2D eigenvalue weighted by molar-refractivity contribution is 6.17. The maximum atomic E-state index is 9.33. The van der Waals surface area contributed by atoms with Crippen molar-refractivity contribution in [2.75, 3.05) is 5.88 Å². The Morgan fingerprint density at radius 2 is 2.00 bits per heavy atom. The lowest BCUT2D eigenvalue weighted by Gasteiger charge is -1.96. The Morgan fingerprint density at radius 1 is 1.27 bits per heavy atom. The zero-order valence-electron chi connectivity index (χ0n) is 8.65. The molecule has 0 bridgehead atoms. The van der Waals surface area contributed by atoms with Crippen LogP contribution >= 0.6 is 11.6 Å². The molecule has 1 N–H and O–H groups in total. The Hall–Kier alpha value is -1.28. The number of pyridine rings is 1. The molecule has 0 amide bonds. The third-order valence-corrected chi connectivity index (χ3v) is 2.19. The third-order valence-electron chi connectivity index (χ3n) is 1.81. The van der Waals surface area contributed by atoms with E-state index in [0.29, 0.717) is 0 Å². The summed E-state index contributed by atoms with van der Waals surface area (Å²) in [4.78, 5) is 4.08. The molecule has 0 saturated heterocycles. The predicted molar refractivity (Wildman–Crippen MR) is 64.4 cm³/mol. The fraction of sp³-hybridized carbons (Fsp3) is 0.250. The first kappa shape index (κ1) is 11.8. The molecule has 2 rings (SSSR count). The largest absolute Gasteiger partial charge is 0.507 e. The molecule has 15 heavy (non-hydrogen) atoms. The van der Waals surface area contributed by atoms with Crippen LogP contribution in [-0.2, 0) is 0 Å². The van der Waals surface area contributed by atoms with Gasteiger partial charge in [0.1, 0.15) is 5.75 Å². The van der Waals surface area contributed by atoms with Crippen LogP contribution < -0.4 is 0 Å². The van der Waals surface area contributed by atoms with Crippen LogP contribution in [-0.4, -0.2) is 16.0 Å². The Balaban J connectivity index is 0.000000245. The van der Waals surface area contributed by atoms with Crippen LogP contribution in [0.15, 0.2) is 36.5 Å². The molecule has 0 unspecified atom stereocenters. The fourth-order valence-electron chi connectivity index (χ4n) is 1.09. The quantitative estimate of drug-likeness (QED) is 0.750. The molecular formula is C12H14ClNO. The first-order valence-corrected chi connectivity index (χ1v) is 5.41. The van der Waals surface area contributed by atoms with Crippen LogP contribution in [0.25, 0.3) is 10.9 Å². The van der Waals surface area contributed by atoms with E-state index >= 15 is 0 Å². The Bertz CT molecular complexity index is 410. The van der Waals surface area contributed by atoms with E-state index in [-0.39, 0.29) is 5.75 Å². The molecule has 1 heterocycles. The normalized spacial score (nSPS) is 9.47. The van der Waals surface area contributed by atoms with Gasteiger partial charge in [-0.05, 0) is 30.7 Å². The van der Waals surface area contributed by atoms with Crippen molar-refractivity contribution in [3.05, 3.63) is 36.5 Å². The van der Waals surface area contributed by atoms with E-state index in [1.807, 2.05) is 25.1 Å². The van der Waals surface area contributed by atoms with E-state index in [9.17, 15) is 5.11 Å². The highest BCUT2D eigenvalue weighted by Crippen LogP contribution is 2.21. The number of phenolic OH excluding ortho intramolecular Hbond substituents is 1. The topological polar surface area (TPSA) is 33.1 Å². The average molecular weight is 224 g/mol. The molecule has 0 atom stereocenters. The maximum Gasteiger partial charge on any atom is 0.124 e. The summed E-state index contributed by atoms with van der Waals surface area (Å²) in [5.74, 6) is 1.08. The van der Waals surface area contributed by atoms with Gasteiger partial charge < -0.3 is 5.11 Å². The van der Waals surface area contributed by atoms with Gasteiger partial charge in [0.25, 0.3) is 0 Å². The summed E-state index contributed by atoms with van der Waals surface area (Å²) in [6, 6.07) is 8.96. The molecule has 0 aliphatic rings. The van der Waals surface area contributed by atoms with Crippen LogP contribution in [0.1, 0.15) is 13.3 Å². The minimum atomic E-state index is 0.288. The number of nitrogens with zero attached hydrogens (tertiary/aromatic N) is 1. The smallest absolute Gasteiger partial charge is 0.124 e. The number of aromatic hydroxyl groups is 1. The van der Waals surface area contributed by atoms with Gasteiger partial charge in [-0.15, -0.1) is 11.6 Å². The van der Waals surface area contributed by atoms with Gasteiger partial charge in [-0.1, -0.05) is 13.0 Å². The number of benzene rings is 1. The minimum Gasteiger partial charge on any atom is -0.507 e. The summed E-state index contributed by atoms with van der Waals surface area (Å²) in [5.41, 5.74) is 0.826. The van der Waals surface area contributed by atoms with Crippen LogP contribution in [0.4, 0.5) is 0 Å². The van der Waals surface area contributed by atoms with Crippen molar-refractivity contribution in [3.63, 3.8) is 0 Å². The SMILES string of the molecule is CCCCl.Oc1cccc2ncccc12. The van der Waals surface area contributed by atoms with Crippen molar-refractivity contribution in [1.29, 1.82) is 0 Å². The molecule has 1 aromatic heterocycles. The van der Waals surface area contributed by atoms with Crippen LogP contribution in [0.5, 0.6) is 5.75 Å². The monoisotopic (exact) mass is 223 g/mol. The molecule has 0 saturated carbocycles. The second-order valence-corrected chi connectivity index (χ2v) is 3.41. The molecular weight excluding hydrogens is 210 g/mol. The number of halogens is 1. The first-order valence-electron chi connectivity index (χ1n) is 4.88. The summed E-state index contributed by atoms with van der Waals surface area (Å²) in [5, 5.41) is 10.1. The van der Waals surface area contributed by atoms with Crippen molar-refractivity contribution in [1.82, 2.24) is 4.98 Å².